The number of aromatic nitrogens is 2. The summed E-state index contributed by atoms with van der Waals surface area (Å²) in [4.78, 5) is 42.4. The third-order valence-electron chi connectivity index (χ3n) is 7.35. The number of imide groups is 1. The summed E-state index contributed by atoms with van der Waals surface area (Å²) in [7, 11) is 0. The lowest BCUT2D eigenvalue weighted by atomic mass is 10.0. The van der Waals surface area contributed by atoms with Crippen LogP contribution in [0.15, 0.2) is 30.6 Å². The summed E-state index contributed by atoms with van der Waals surface area (Å²) in [5, 5.41) is 3.50. The summed E-state index contributed by atoms with van der Waals surface area (Å²) < 4.78 is 0. The van der Waals surface area contributed by atoms with Gasteiger partial charge in [-0.3, -0.25) is 24.7 Å². The van der Waals surface area contributed by atoms with E-state index in [-0.39, 0.29) is 23.2 Å². The van der Waals surface area contributed by atoms with E-state index >= 15 is 0 Å². The Kier molecular flexibility index (Phi) is 6.00. The van der Waals surface area contributed by atoms with Crippen molar-refractivity contribution in [2.45, 2.75) is 44.3 Å². The fraction of sp³-hybridized carbons (Fsp3) is 0.440. The van der Waals surface area contributed by atoms with Crippen LogP contribution in [0.1, 0.15) is 39.8 Å². The van der Waals surface area contributed by atoms with Crippen molar-refractivity contribution in [1.82, 2.24) is 25.1 Å². The summed E-state index contributed by atoms with van der Waals surface area (Å²) in [6.45, 7) is 7.43. The number of carbonyl (C=O) groups excluding carboxylic acids is 2. The Hall–Kier alpha value is -2.53. The molecule has 2 fully saturated rings. The molecule has 2 saturated heterocycles. The van der Waals surface area contributed by atoms with E-state index in [0.29, 0.717) is 19.4 Å². The number of anilines is 1. The van der Waals surface area contributed by atoms with Crippen molar-refractivity contribution >= 4 is 51.8 Å². The molecule has 2 unspecified atom stereocenters. The van der Waals surface area contributed by atoms with E-state index in [1.54, 1.807) is 17.7 Å². The van der Waals surface area contributed by atoms with Crippen LogP contribution in [0.2, 0.25) is 0 Å². The minimum Gasteiger partial charge on any atom is -0.353 e. The van der Waals surface area contributed by atoms with Crippen LogP contribution in [0.25, 0.3) is 10.2 Å². The molecule has 1 N–H and O–H groups in total. The Balaban J connectivity index is 1.14. The van der Waals surface area contributed by atoms with Gasteiger partial charge in [0.05, 0.1) is 16.8 Å². The van der Waals surface area contributed by atoms with Crippen LogP contribution in [0.3, 0.4) is 0 Å². The van der Waals surface area contributed by atoms with E-state index in [9.17, 15) is 9.59 Å². The lowest BCUT2D eigenvalue weighted by Gasteiger charge is -2.36. The highest BCUT2D eigenvalue weighted by Crippen LogP contribution is 2.41. The predicted octanol–water partition coefficient (Wildman–Crippen LogP) is 2.87. The first-order valence-electron chi connectivity index (χ1n) is 12.0. The van der Waals surface area contributed by atoms with Crippen molar-refractivity contribution in [3.8, 4) is 0 Å². The van der Waals surface area contributed by atoms with Gasteiger partial charge in [0.15, 0.2) is 0 Å². The number of aryl methyl sites for hydroxylation is 1. The van der Waals surface area contributed by atoms with Gasteiger partial charge in [-0.15, -0.1) is 11.3 Å². The number of amides is 2. The molecule has 2 amide bonds. The fourth-order valence-corrected chi connectivity index (χ4v) is 6.86. The van der Waals surface area contributed by atoms with E-state index in [4.69, 9.17) is 12.6 Å². The molecular formula is C25H28N6O2S2. The number of thiol groups is 1. The van der Waals surface area contributed by atoms with Gasteiger partial charge in [0.2, 0.25) is 11.8 Å². The zero-order chi connectivity index (χ0) is 24.1. The number of nitrogens with zero attached hydrogens (tertiary/aromatic N) is 5. The van der Waals surface area contributed by atoms with Crippen LogP contribution in [-0.2, 0) is 22.7 Å². The van der Waals surface area contributed by atoms with Gasteiger partial charge in [0, 0.05) is 50.6 Å². The number of nitrogens with one attached hydrogen (secondary N) is 1. The van der Waals surface area contributed by atoms with Gasteiger partial charge in [-0.05, 0) is 36.1 Å². The summed E-state index contributed by atoms with van der Waals surface area (Å²) in [6.07, 6.45) is 2.60. The lowest BCUT2D eigenvalue weighted by Crippen LogP contribution is -2.51. The van der Waals surface area contributed by atoms with Crippen molar-refractivity contribution in [3.05, 3.63) is 52.2 Å². The van der Waals surface area contributed by atoms with Gasteiger partial charge in [-0.2, -0.15) is 12.6 Å². The molecule has 10 heteroatoms. The number of piperazine rings is 1. The van der Waals surface area contributed by atoms with Crippen molar-refractivity contribution < 1.29 is 9.59 Å². The van der Waals surface area contributed by atoms with Crippen LogP contribution in [0.4, 0.5) is 5.82 Å². The SMILES string of the molecule is Cc1cc2c(N3CCN(Cc4cccc5c4CN(C4CCC(=O)NC4=O)C5S)CC3)ncnc2s1. The van der Waals surface area contributed by atoms with E-state index in [0.717, 1.165) is 48.8 Å². The molecule has 3 aromatic rings. The van der Waals surface area contributed by atoms with Gasteiger partial charge in [-0.25, -0.2) is 9.97 Å². The number of hydrogen-bond donors (Lipinski definition) is 2. The first kappa shape index (κ1) is 22.9. The molecule has 0 aliphatic carbocycles. The van der Waals surface area contributed by atoms with Gasteiger partial charge in [-0.1, -0.05) is 18.2 Å². The highest BCUT2D eigenvalue weighted by Gasteiger charge is 2.39. The van der Waals surface area contributed by atoms with Gasteiger partial charge in [0.25, 0.3) is 0 Å². The normalized spacial score (nSPS) is 23.7. The molecule has 0 saturated carbocycles. The Morgan fingerprint density at radius 2 is 2.00 bits per heavy atom. The van der Waals surface area contributed by atoms with Crippen molar-refractivity contribution in [1.29, 1.82) is 0 Å². The maximum atomic E-state index is 12.5. The Morgan fingerprint density at radius 1 is 1.17 bits per heavy atom. The zero-order valence-electron chi connectivity index (χ0n) is 19.6. The number of thiophene rings is 1. The quantitative estimate of drug-likeness (QED) is 0.414. The van der Waals surface area contributed by atoms with E-state index in [1.807, 2.05) is 0 Å². The van der Waals surface area contributed by atoms with Crippen molar-refractivity contribution in [2.24, 2.45) is 0 Å². The number of carbonyl (C=O) groups is 2. The Bertz CT molecular complexity index is 1300. The van der Waals surface area contributed by atoms with Crippen molar-refractivity contribution in [3.63, 3.8) is 0 Å². The Labute approximate surface area is 213 Å². The number of hydrogen-bond acceptors (Lipinski definition) is 9. The summed E-state index contributed by atoms with van der Waals surface area (Å²) in [5.74, 6) is 0.651. The number of piperidine rings is 1. The molecule has 2 aromatic heterocycles. The molecular weight excluding hydrogens is 480 g/mol. The molecule has 6 rings (SSSR count). The lowest BCUT2D eigenvalue weighted by molar-refractivity contribution is -0.137. The average molecular weight is 509 g/mol. The molecule has 0 radical (unpaired) electrons. The molecule has 3 aliphatic heterocycles. The molecule has 5 heterocycles. The molecule has 35 heavy (non-hydrogen) atoms. The molecule has 182 valence electrons. The maximum absolute atomic E-state index is 12.5. The predicted molar refractivity (Wildman–Crippen MR) is 140 cm³/mol. The third-order valence-corrected chi connectivity index (χ3v) is 8.88. The fourth-order valence-electron chi connectivity index (χ4n) is 5.54. The standard InChI is InChI=1S/C25H28N6O2S2/c1-15-11-18-22(26-14-27-24(18)35-15)30-9-7-29(8-10-30)12-16-3-2-4-17-19(16)13-31(25(17)34)20-5-6-21(32)28-23(20)33/h2-4,11,14,20,25,34H,5-10,12-13H2,1H3,(H,28,32,33). The van der Waals surface area contributed by atoms with E-state index in [1.165, 1.54) is 21.6 Å². The maximum Gasteiger partial charge on any atom is 0.243 e. The second kappa shape index (κ2) is 9.16. The summed E-state index contributed by atoms with van der Waals surface area (Å²) >= 11 is 6.58. The number of benzene rings is 1. The highest BCUT2D eigenvalue weighted by atomic mass is 32.1. The van der Waals surface area contributed by atoms with Crippen molar-refractivity contribution in [2.75, 3.05) is 31.1 Å². The summed E-state index contributed by atoms with van der Waals surface area (Å²) in [5.41, 5.74) is 3.74. The van der Waals surface area contributed by atoms with Crippen LogP contribution in [0, 0.1) is 6.92 Å². The average Bonchev–Trinajstić information content (AvgIpc) is 3.39. The molecule has 0 bridgehead atoms. The third kappa shape index (κ3) is 4.22. The second-order valence-electron chi connectivity index (χ2n) is 9.53. The smallest absolute Gasteiger partial charge is 0.243 e. The van der Waals surface area contributed by atoms with Crippen LogP contribution in [0.5, 0.6) is 0 Å². The number of rotatable bonds is 4. The highest BCUT2D eigenvalue weighted by molar-refractivity contribution is 7.80. The van der Waals surface area contributed by atoms with Crippen LogP contribution < -0.4 is 10.2 Å². The minimum absolute atomic E-state index is 0.139. The van der Waals surface area contributed by atoms with Crippen LogP contribution in [-0.4, -0.2) is 63.8 Å². The molecule has 3 aliphatic rings. The Morgan fingerprint density at radius 3 is 2.80 bits per heavy atom. The monoisotopic (exact) mass is 508 g/mol. The zero-order valence-corrected chi connectivity index (χ0v) is 21.3. The van der Waals surface area contributed by atoms with Gasteiger partial charge in [0.1, 0.15) is 17.0 Å². The van der Waals surface area contributed by atoms with Crippen LogP contribution >= 0.6 is 24.0 Å². The molecule has 1 aromatic carbocycles. The number of fused-ring (bicyclic) bond motifs is 2. The van der Waals surface area contributed by atoms with Gasteiger partial charge >= 0.3 is 0 Å². The van der Waals surface area contributed by atoms with E-state index < -0.39 is 0 Å². The second-order valence-corrected chi connectivity index (χ2v) is 11.3. The molecule has 8 nitrogen and oxygen atoms in total. The van der Waals surface area contributed by atoms with E-state index in [2.05, 4.69) is 61.2 Å². The first-order valence-corrected chi connectivity index (χ1v) is 13.4. The summed E-state index contributed by atoms with van der Waals surface area (Å²) in [6, 6.07) is 8.28. The topological polar surface area (TPSA) is 81.7 Å². The largest absolute Gasteiger partial charge is 0.353 e. The van der Waals surface area contributed by atoms with Gasteiger partial charge < -0.3 is 4.90 Å². The minimum atomic E-state index is -0.315. The first-order chi connectivity index (χ1) is 17.0. The molecule has 2 atom stereocenters. The molecule has 0 spiro atoms.